The zero-order chi connectivity index (χ0) is 9.68. The van der Waals surface area contributed by atoms with Crippen molar-refractivity contribution in [1.29, 1.82) is 0 Å². The number of H-pyrrole nitrogens is 1. The number of aryl methyl sites for hydroxylation is 1. The molecule has 1 heterocycles. The highest BCUT2D eigenvalue weighted by atomic mass is 32.2. The molecule has 0 spiro atoms. The van der Waals surface area contributed by atoms with Crippen LogP contribution in [0.4, 0.5) is 5.82 Å². The summed E-state index contributed by atoms with van der Waals surface area (Å²) in [6.07, 6.45) is 4.49. The molecule has 0 aromatic carbocycles. The van der Waals surface area contributed by atoms with Gasteiger partial charge in [-0.15, -0.1) is 0 Å². The number of rotatable bonds is 4. The number of thioether (sulfide) groups is 1. The fourth-order valence-corrected chi connectivity index (χ4v) is 1.33. The van der Waals surface area contributed by atoms with Crippen LogP contribution in [0.3, 0.4) is 0 Å². The Morgan fingerprint density at radius 3 is 3.15 bits per heavy atom. The molecule has 0 saturated heterocycles. The second-order valence-electron chi connectivity index (χ2n) is 2.60. The maximum absolute atomic E-state index is 11.2. The van der Waals surface area contributed by atoms with Crippen LogP contribution in [0.5, 0.6) is 0 Å². The van der Waals surface area contributed by atoms with Gasteiger partial charge in [0.2, 0.25) is 5.91 Å². The first kappa shape index (κ1) is 10.1. The zero-order valence-electron chi connectivity index (χ0n) is 7.76. The summed E-state index contributed by atoms with van der Waals surface area (Å²) in [6.45, 7) is 2.02. The summed E-state index contributed by atoms with van der Waals surface area (Å²) in [5, 5.41) is 9.38. The standard InChI is InChI=1S/C8H13N3OS/c1-3-6-4-9-11-8(6)10-7(12)5-13-2/h4H,3,5H2,1-2H3,(H2,9,10,11,12). The van der Waals surface area contributed by atoms with E-state index < -0.39 is 0 Å². The molecule has 72 valence electrons. The molecular formula is C8H13N3OS. The van der Waals surface area contributed by atoms with Gasteiger partial charge < -0.3 is 5.32 Å². The van der Waals surface area contributed by atoms with Crippen LogP contribution >= 0.6 is 11.8 Å². The first-order chi connectivity index (χ1) is 6.27. The van der Waals surface area contributed by atoms with E-state index in [1.54, 1.807) is 6.20 Å². The summed E-state index contributed by atoms with van der Waals surface area (Å²) in [7, 11) is 0. The summed E-state index contributed by atoms with van der Waals surface area (Å²) >= 11 is 1.50. The minimum absolute atomic E-state index is 0.00597. The predicted octanol–water partition coefficient (Wildman–Crippen LogP) is 1.27. The minimum Gasteiger partial charge on any atom is -0.310 e. The van der Waals surface area contributed by atoms with Gasteiger partial charge in [0.1, 0.15) is 5.82 Å². The van der Waals surface area contributed by atoms with Crippen molar-refractivity contribution in [3.63, 3.8) is 0 Å². The van der Waals surface area contributed by atoms with E-state index in [-0.39, 0.29) is 5.91 Å². The molecule has 0 fully saturated rings. The summed E-state index contributed by atoms with van der Waals surface area (Å²) in [5.74, 6) is 1.20. The van der Waals surface area contributed by atoms with E-state index in [4.69, 9.17) is 0 Å². The molecule has 0 aliphatic heterocycles. The van der Waals surface area contributed by atoms with Gasteiger partial charge >= 0.3 is 0 Å². The Morgan fingerprint density at radius 1 is 1.77 bits per heavy atom. The molecule has 0 saturated carbocycles. The summed E-state index contributed by atoms with van der Waals surface area (Å²) in [5.41, 5.74) is 1.04. The second-order valence-corrected chi connectivity index (χ2v) is 3.47. The maximum Gasteiger partial charge on any atom is 0.235 e. The first-order valence-corrected chi connectivity index (χ1v) is 5.48. The summed E-state index contributed by atoms with van der Waals surface area (Å²) in [4.78, 5) is 11.2. The van der Waals surface area contributed by atoms with Crippen LogP contribution in [-0.2, 0) is 11.2 Å². The predicted molar refractivity (Wildman–Crippen MR) is 55.0 cm³/mol. The molecule has 0 aliphatic carbocycles. The van der Waals surface area contributed by atoms with E-state index in [0.717, 1.165) is 17.8 Å². The van der Waals surface area contributed by atoms with E-state index in [2.05, 4.69) is 15.5 Å². The maximum atomic E-state index is 11.2. The number of carbonyl (C=O) groups excluding carboxylic acids is 1. The van der Waals surface area contributed by atoms with Gasteiger partial charge in [-0.05, 0) is 12.7 Å². The van der Waals surface area contributed by atoms with Gasteiger partial charge in [-0.25, -0.2) is 0 Å². The van der Waals surface area contributed by atoms with Gasteiger partial charge in [0.15, 0.2) is 0 Å². The van der Waals surface area contributed by atoms with Crippen LogP contribution in [0, 0.1) is 0 Å². The summed E-state index contributed by atoms with van der Waals surface area (Å²) in [6, 6.07) is 0. The Hall–Kier alpha value is -0.970. The van der Waals surface area contributed by atoms with Gasteiger partial charge in [-0.1, -0.05) is 6.92 Å². The fourth-order valence-electron chi connectivity index (χ4n) is 0.994. The van der Waals surface area contributed by atoms with Crippen molar-refractivity contribution < 1.29 is 4.79 Å². The third-order valence-corrected chi connectivity index (χ3v) is 2.19. The van der Waals surface area contributed by atoms with Gasteiger partial charge in [0.25, 0.3) is 0 Å². The molecule has 1 rings (SSSR count). The third-order valence-electron chi connectivity index (χ3n) is 1.64. The van der Waals surface area contributed by atoms with Gasteiger partial charge in [-0.3, -0.25) is 9.89 Å². The number of hydrogen-bond donors (Lipinski definition) is 2. The number of amides is 1. The van der Waals surface area contributed by atoms with E-state index >= 15 is 0 Å². The average molecular weight is 199 g/mol. The Kier molecular flexibility index (Phi) is 3.82. The monoisotopic (exact) mass is 199 g/mol. The molecule has 1 aromatic heterocycles. The molecule has 0 unspecified atom stereocenters. The van der Waals surface area contributed by atoms with Crippen molar-refractivity contribution in [3.8, 4) is 0 Å². The van der Waals surface area contributed by atoms with Crippen molar-refractivity contribution in [2.45, 2.75) is 13.3 Å². The van der Waals surface area contributed by atoms with E-state index in [1.807, 2.05) is 13.2 Å². The van der Waals surface area contributed by atoms with Crippen LogP contribution in [0.25, 0.3) is 0 Å². The quantitative estimate of drug-likeness (QED) is 0.768. The van der Waals surface area contributed by atoms with Gasteiger partial charge in [0, 0.05) is 5.56 Å². The number of aromatic nitrogens is 2. The number of hydrogen-bond acceptors (Lipinski definition) is 3. The Balaban J connectivity index is 2.57. The molecule has 1 aromatic rings. The first-order valence-electron chi connectivity index (χ1n) is 4.09. The molecule has 0 aliphatic rings. The lowest BCUT2D eigenvalue weighted by atomic mass is 10.2. The number of aromatic amines is 1. The van der Waals surface area contributed by atoms with Crippen LogP contribution in [0.15, 0.2) is 6.20 Å². The highest BCUT2D eigenvalue weighted by Crippen LogP contribution is 2.11. The lowest BCUT2D eigenvalue weighted by Crippen LogP contribution is -2.15. The van der Waals surface area contributed by atoms with E-state index in [9.17, 15) is 4.79 Å². The van der Waals surface area contributed by atoms with Gasteiger partial charge in [0.05, 0.1) is 11.9 Å². The Morgan fingerprint density at radius 2 is 2.54 bits per heavy atom. The van der Waals surface area contributed by atoms with Crippen molar-refractivity contribution in [3.05, 3.63) is 11.8 Å². The summed E-state index contributed by atoms with van der Waals surface area (Å²) < 4.78 is 0. The smallest absolute Gasteiger partial charge is 0.235 e. The van der Waals surface area contributed by atoms with Crippen LogP contribution < -0.4 is 5.32 Å². The van der Waals surface area contributed by atoms with Gasteiger partial charge in [-0.2, -0.15) is 16.9 Å². The van der Waals surface area contributed by atoms with E-state index in [1.165, 1.54) is 11.8 Å². The topological polar surface area (TPSA) is 57.8 Å². The fraction of sp³-hybridized carbons (Fsp3) is 0.500. The molecule has 0 radical (unpaired) electrons. The molecule has 5 heteroatoms. The molecule has 1 amide bonds. The van der Waals surface area contributed by atoms with Crippen molar-refractivity contribution in [1.82, 2.24) is 10.2 Å². The van der Waals surface area contributed by atoms with E-state index in [0.29, 0.717) is 5.75 Å². The second kappa shape index (κ2) is 4.91. The van der Waals surface area contributed by atoms with Crippen LogP contribution in [-0.4, -0.2) is 28.1 Å². The molecule has 0 atom stereocenters. The highest BCUT2D eigenvalue weighted by molar-refractivity contribution is 7.99. The lowest BCUT2D eigenvalue weighted by molar-refractivity contribution is -0.113. The van der Waals surface area contributed by atoms with Crippen LogP contribution in [0.1, 0.15) is 12.5 Å². The number of nitrogens with zero attached hydrogens (tertiary/aromatic N) is 1. The molecule has 13 heavy (non-hydrogen) atoms. The molecule has 4 nitrogen and oxygen atoms in total. The normalized spacial score (nSPS) is 10.0. The molecular weight excluding hydrogens is 186 g/mol. The highest BCUT2D eigenvalue weighted by Gasteiger charge is 2.06. The van der Waals surface area contributed by atoms with Crippen LogP contribution in [0.2, 0.25) is 0 Å². The number of nitrogens with one attached hydrogen (secondary N) is 2. The Labute approximate surface area is 81.5 Å². The number of anilines is 1. The van der Waals surface area contributed by atoms with Crippen molar-refractivity contribution >= 4 is 23.5 Å². The Bertz CT molecular complexity index is 285. The lowest BCUT2D eigenvalue weighted by Gasteiger charge is -2.02. The minimum atomic E-state index is 0.00597. The van der Waals surface area contributed by atoms with Crippen molar-refractivity contribution in [2.24, 2.45) is 0 Å². The molecule has 2 N–H and O–H groups in total. The average Bonchev–Trinajstić information content (AvgIpc) is 2.52. The zero-order valence-corrected chi connectivity index (χ0v) is 8.57. The molecule has 0 bridgehead atoms. The SMILES string of the molecule is CCc1cn[nH]c1NC(=O)CSC. The largest absolute Gasteiger partial charge is 0.310 e. The number of carbonyl (C=O) groups is 1. The van der Waals surface area contributed by atoms with Crippen molar-refractivity contribution in [2.75, 3.05) is 17.3 Å². The third kappa shape index (κ3) is 2.77.